The zero-order valence-corrected chi connectivity index (χ0v) is 8.69. The Hall–Kier alpha value is -0.470. The number of halogens is 1. The molecule has 0 aromatic carbocycles. The zero-order valence-electron chi connectivity index (χ0n) is 7.93. The van der Waals surface area contributed by atoms with Crippen molar-refractivity contribution >= 4 is 11.6 Å². The van der Waals surface area contributed by atoms with Crippen molar-refractivity contribution in [1.82, 2.24) is 5.32 Å². The molecule has 1 aliphatic rings. The number of furan rings is 1. The molecule has 1 aliphatic carbocycles. The summed E-state index contributed by atoms with van der Waals surface area (Å²) >= 11 is 5.80. The van der Waals surface area contributed by atoms with Crippen LogP contribution in [0, 0.1) is 5.92 Å². The molecule has 1 aromatic rings. The molecule has 2 rings (SSSR count). The molecule has 0 fully saturated rings. The van der Waals surface area contributed by atoms with Gasteiger partial charge in [-0.1, -0.05) is 6.92 Å². The minimum absolute atomic E-state index is 0.526. The fourth-order valence-corrected chi connectivity index (χ4v) is 2.37. The van der Waals surface area contributed by atoms with Gasteiger partial charge >= 0.3 is 0 Å². The standard InChI is InChI=1S/C10H14ClNO/c1-6-3-9-7(4-10(11)13-9)8(6)5-12-2/h4,6,8,12H,3,5H2,1-2H3. The van der Waals surface area contributed by atoms with E-state index in [0.717, 1.165) is 18.7 Å². The van der Waals surface area contributed by atoms with Crippen molar-refractivity contribution in [3.63, 3.8) is 0 Å². The van der Waals surface area contributed by atoms with Crippen LogP contribution in [0.1, 0.15) is 24.2 Å². The molecule has 3 heteroatoms. The van der Waals surface area contributed by atoms with Crippen LogP contribution >= 0.6 is 11.6 Å². The van der Waals surface area contributed by atoms with Crippen molar-refractivity contribution in [2.45, 2.75) is 19.3 Å². The SMILES string of the molecule is CNCC1c2cc(Cl)oc2CC1C. The summed E-state index contributed by atoms with van der Waals surface area (Å²) in [7, 11) is 1.98. The molecule has 72 valence electrons. The Bertz CT molecular complexity index is 308. The first-order valence-corrected chi connectivity index (χ1v) is 5.03. The predicted molar refractivity (Wildman–Crippen MR) is 53.3 cm³/mol. The minimum atomic E-state index is 0.526. The first-order chi connectivity index (χ1) is 6.22. The van der Waals surface area contributed by atoms with E-state index >= 15 is 0 Å². The average Bonchev–Trinajstić information content (AvgIpc) is 2.52. The van der Waals surface area contributed by atoms with E-state index in [0.29, 0.717) is 17.1 Å². The van der Waals surface area contributed by atoms with Gasteiger partial charge in [-0.3, -0.25) is 0 Å². The van der Waals surface area contributed by atoms with Crippen molar-refractivity contribution in [3.05, 3.63) is 22.6 Å². The zero-order chi connectivity index (χ0) is 9.42. The van der Waals surface area contributed by atoms with Crippen molar-refractivity contribution in [2.24, 2.45) is 5.92 Å². The van der Waals surface area contributed by atoms with Crippen LogP contribution in [0.15, 0.2) is 10.5 Å². The predicted octanol–water partition coefficient (Wildman–Crippen LogP) is 2.43. The molecule has 0 saturated heterocycles. The lowest BCUT2D eigenvalue weighted by atomic mass is 9.95. The van der Waals surface area contributed by atoms with Crippen molar-refractivity contribution < 1.29 is 4.42 Å². The normalized spacial score (nSPS) is 26.4. The number of nitrogens with one attached hydrogen (secondary N) is 1. The molecule has 1 aromatic heterocycles. The molecule has 2 atom stereocenters. The summed E-state index contributed by atoms with van der Waals surface area (Å²) in [5, 5.41) is 3.73. The maximum absolute atomic E-state index is 5.80. The van der Waals surface area contributed by atoms with E-state index in [1.807, 2.05) is 13.1 Å². The molecule has 0 amide bonds. The number of hydrogen-bond donors (Lipinski definition) is 1. The van der Waals surface area contributed by atoms with Gasteiger partial charge in [-0.05, 0) is 36.2 Å². The van der Waals surface area contributed by atoms with Crippen molar-refractivity contribution in [2.75, 3.05) is 13.6 Å². The number of likely N-dealkylation sites (N-methyl/N-ethyl adjacent to an activating group) is 1. The van der Waals surface area contributed by atoms with E-state index in [2.05, 4.69) is 12.2 Å². The molecule has 0 spiro atoms. The highest BCUT2D eigenvalue weighted by Crippen LogP contribution is 2.40. The third kappa shape index (κ3) is 1.49. The molecule has 2 nitrogen and oxygen atoms in total. The van der Waals surface area contributed by atoms with Gasteiger partial charge in [0.25, 0.3) is 0 Å². The smallest absolute Gasteiger partial charge is 0.193 e. The lowest BCUT2D eigenvalue weighted by Crippen LogP contribution is -2.19. The second kappa shape index (κ2) is 3.35. The Kier molecular flexibility index (Phi) is 2.35. The van der Waals surface area contributed by atoms with E-state index in [1.165, 1.54) is 5.56 Å². The second-order valence-corrected chi connectivity index (χ2v) is 4.15. The fourth-order valence-electron chi connectivity index (χ4n) is 2.15. The summed E-state index contributed by atoms with van der Waals surface area (Å²) in [4.78, 5) is 0. The van der Waals surface area contributed by atoms with Gasteiger partial charge in [0.15, 0.2) is 5.22 Å². The lowest BCUT2D eigenvalue weighted by Gasteiger charge is -2.14. The van der Waals surface area contributed by atoms with Gasteiger partial charge in [-0.15, -0.1) is 0 Å². The van der Waals surface area contributed by atoms with Crippen LogP contribution in [0.4, 0.5) is 0 Å². The van der Waals surface area contributed by atoms with Gasteiger partial charge in [-0.2, -0.15) is 0 Å². The van der Waals surface area contributed by atoms with Crippen molar-refractivity contribution in [1.29, 1.82) is 0 Å². The molecule has 13 heavy (non-hydrogen) atoms. The summed E-state index contributed by atoms with van der Waals surface area (Å²) in [6, 6.07) is 1.96. The first-order valence-electron chi connectivity index (χ1n) is 4.65. The highest BCUT2D eigenvalue weighted by atomic mass is 35.5. The first kappa shape index (κ1) is 9.10. The topological polar surface area (TPSA) is 25.2 Å². The third-order valence-electron chi connectivity index (χ3n) is 2.83. The highest BCUT2D eigenvalue weighted by molar-refractivity contribution is 6.28. The monoisotopic (exact) mass is 199 g/mol. The fraction of sp³-hybridized carbons (Fsp3) is 0.600. The van der Waals surface area contributed by atoms with E-state index in [-0.39, 0.29) is 0 Å². The Labute approximate surface area is 83.3 Å². The van der Waals surface area contributed by atoms with Crippen LogP contribution in [0.5, 0.6) is 0 Å². The Morgan fingerprint density at radius 1 is 1.69 bits per heavy atom. The van der Waals surface area contributed by atoms with Crippen LogP contribution in [0.2, 0.25) is 5.22 Å². The molecular weight excluding hydrogens is 186 g/mol. The van der Waals surface area contributed by atoms with Crippen LogP contribution in [-0.4, -0.2) is 13.6 Å². The summed E-state index contributed by atoms with van der Waals surface area (Å²) in [6.45, 7) is 3.26. The molecule has 1 heterocycles. The maximum Gasteiger partial charge on any atom is 0.193 e. The van der Waals surface area contributed by atoms with Gasteiger partial charge in [0.1, 0.15) is 5.76 Å². The quantitative estimate of drug-likeness (QED) is 0.792. The largest absolute Gasteiger partial charge is 0.449 e. The molecule has 1 N–H and O–H groups in total. The highest BCUT2D eigenvalue weighted by Gasteiger charge is 2.32. The van der Waals surface area contributed by atoms with Crippen LogP contribution in [0.3, 0.4) is 0 Å². The number of hydrogen-bond acceptors (Lipinski definition) is 2. The molecule has 0 saturated carbocycles. The van der Waals surface area contributed by atoms with E-state index < -0.39 is 0 Å². The Morgan fingerprint density at radius 3 is 3.15 bits per heavy atom. The van der Waals surface area contributed by atoms with E-state index in [1.54, 1.807) is 0 Å². The molecule has 0 bridgehead atoms. The van der Waals surface area contributed by atoms with Gasteiger partial charge in [0, 0.05) is 18.9 Å². The number of fused-ring (bicyclic) bond motifs is 1. The third-order valence-corrected chi connectivity index (χ3v) is 3.02. The summed E-state index contributed by atoms with van der Waals surface area (Å²) < 4.78 is 5.41. The van der Waals surface area contributed by atoms with E-state index in [4.69, 9.17) is 16.0 Å². The molecule has 0 radical (unpaired) electrons. The second-order valence-electron chi connectivity index (χ2n) is 3.77. The molecular formula is C10H14ClNO. The average molecular weight is 200 g/mol. The minimum Gasteiger partial charge on any atom is -0.449 e. The van der Waals surface area contributed by atoms with Crippen molar-refractivity contribution in [3.8, 4) is 0 Å². The van der Waals surface area contributed by atoms with Gasteiger partial charge in [0.2, 0.25) is 0 Å². The Morgan fingerprint density at radius 2 is 2.46 bits per heavy atom. The summed E-state index contributed by atoms with van der Waals surface area (Å²) in [5.41, 5.74) is 1.30. The number of rotatable bonds is 2. The van der Waals surface area contributed by atoms with Crippen LogP contribution < -0.4 is 5.32 Å². The summed E-state index contributed by atoms with van der Waals surface area (Å²) in [5.74, 6) is 2.31. The Balaban J connectivity index is 2.27. The van der Waals surface area contributed by atoms with Gasteiger partial charge in [0.05, 0.1) is 0 Å². The molecule has 2 unspecified atom stereocenters. The van der Waals surface area contributed by atoms with Crippen LogP contribution in [0.25, 0.3) is 0 Å². The van der Waals surface area contributed by atoms with E-state index in [9.17, 15) is 0 Å². The lowest BCUT2D eigenvalue weighted by molar-refractivity contribution is 0.448. The maximum atomic E-state index is 5.80. The molecule has 0 aliphatic heterocycles. The summed E-state index contributed by atoms with van der Waals surface area (Å²) in [6.07, 6.45) is 1.02. The van der Waals surface area contributed by atoms with Crippen LogP contribution in [-0.2, 0) is 6.42 Å². The van der Waals surface area contributed by atoms with Gasteiger partial charge < -0.3 is 9.73 Å². The van der Waals surface area contributed by atoms with Gasteiger partial charge in [-0.25, -0.2) is 0 Å².